The average molecular weight is 308 g/mol. The minimum atomic E-state index is -2.58. The molecule has 0 fully saturated rings. The molecule has 1 aromatic heterocycles. The Bertz CT molecular complexity index is 385. The highest BCUT2D eigenvalue weighted by Crippen LogP contribution is 2.22. The smallest absolute Gasteiger partial charge is 0.250 e. The Hall–Kier alpha value is -0.770. The lowest BCUT2D eigenvalue weighted by molar-refractivity contribution is 0.145. The number of hydrogen-bond acceptors (Lipinski definition) is 2. The third kappa shape index (κ3) is 2.38. The van der Waals surface area contributed by atoms with E-state index in [-0.39, 0.29) is 12.1 Å². The van der Waals surface area contributed by atoms with Gasteiger partial charge in [-0.3, -0.25) is 0 Å². The molecule has 0 radical (unpaired) electrons. The summed E-state index contributed by atoms with van der Waals surface area (Å²) in [5.74, 6) is 0. The van der Waals surface area contributed by atoms with E-state index in [0.717, 1.165) is 9.13 Å². The van der Waals surface area contributed by atoms with E-state index >= 15 is 0 Å². The minimum Gasteiger partial charge on any atom is -0.250 e. The zero-order chi connectivity index (χ0) is 10.7. The van der Waals surface area contributed by atoms with Gasteiger partial charge in [0.2, 0.25) is 0 Å². The molecule has 0 atom stereocenters. The first kappa shape index (κ1) is 11.3. The van der Waals surface area contributed by atoms with Crippen LogP contribution in [-0.4, -0.2) is 4.98 Å². The van der Waals surface area contributed by atoms with Crippen LogP contribution in [0.1, 0.15) is 23.4 Å². The highest BCUT2D eigenvalue weighted by molar-refractivity contribution is 14.1. The second-order valence-electron chi connectivity index (χ2n) is 2.76. The highest BCUT2D eigenvalue weighted by Gasteiger charge is 2.13. The number of alkyl halides is 2. The number of nitriles is 1. The van der Waals surface area contributed by atoms with Crippen LogP contribution < -0.4 is 0 Å². The number of pyridine rings is 1. The van der Waals surface area contributed by atoms with Gasteiger partial charge in [0.15, 0.2) is 0 Å². The van der Waals surface area contributed by atoms with Crippen LogP contribution in [0, 0.1) is 21.8 Å². The molecule has 0 bridgehead atoms. The lowest BCUT2D eigenvalue weighted by Crippen LogP contribution is -2.01. The summed E-state index contributed by atoms with van der Waals surface area (Å²) in [7, 11) is 0. The van der Waals surface area contributed by atoms with E-state index in [9.17, 15) is 8.78 Å². The fourth-order valence-corrected chi connectivity index (χ4v) is 1.52. The molecule has 14 heavy (non-hydrogen) atoms. The Morgan fingerprint density at radius 2 is 2.29 bits per heavy atom. The van der Waals surface area contributed by atoms with Crippen molar-refractivity contribution in [1.82, 2.24) is 4.98 Å². The van der Waals surface area contributed by atoms with Gasteiger partial charge in [-0.1, -0.05) is 0 Å². The lowest BCUT2D eigenvalue weighted by Gasteiger charge is -2.06. The Labute approximate surface area is 94.1 Å². The minimum absolute atomic E-state index is 0.0691. The number of aromatic nitrogens is 1. The second kappa shape index (κ2) is 4.64. The normalized spacial score (nSPS) is 10.3. The number of aryl methyl sites for hydroxylation is 1. The van der Waals surface area contributed by atoms with E-state index in [2.05, 4.69) is 4.98 Å². The summed E-state index contributed by atoms with van der Waals surface area (Å²) in [6, 6.07) is 3.26. The Morgan fingerprint density at radius 3 is 2.79 bits per heavy atom. The van der Waals surface area contributed by atoms with Crippen LogP contribution >= 0.6 is 22.6 Å². The van der Waals surface area contributed by atoms with Crippen molar-refractivity contribution in [3.63, 3.8) is 0 Å². The number of rotatable bonds is 2. The predicted octanol–water partition coefficient (Wildman–Crippen LogP) is 3.00. The maximum absolute atomic E-state index is 12.4. The van der Waals surface area contributed by atoms with Gasteiger partial charge in [0, 0.05) is 3.57 Å². The molecule has 5 heteroatoms. The first-order valence-electron chi connectivity index (χ1n) is 3.87. The molecule has 0 saturated carbocycles. The van der Waals surface area contributed by atoms with Crippen molar-refractivity contribution in [2.75, 3.05) is 0 Å². The number of hydrogen-bond donors (Lipinski definition) is 0. The summed E-state index contributed by atoms with van der Waals surface area (Å²) in [6.45, 7) is 1.73. The molecule has 0 amide bonds. The van der Waals surface area contributed by atoms with E-state index in [4.69, 9.17) is 5.26 Å². The van der Waals surface area contributed by atoms with Crippen molar-refractivity contribution in [2.24, 2.45) is 0 Å². The summed E-state index contributed by atoms with van der Waals surface area (Å²) in [5.41, 5.74) is 0.915. The van der Waals surface area contributed by atoms with E-state index in [1.54, 1.807) is 6.92 Å². The number of nitrogens with zero attached hydrogens (tertiary/aromatic N) is 2. The SMILES string of the molecule is Cc1cc(C(F)F)nc(CC#N)c1I. The first-order valence-corrected chi connectivity index (χ1v) is 4.95. The Balaban J connectivity index is 3.22. The molecule has 0 aromatic carbocycles. The maximum Gasteiger partial charge on any atom is 0.280 e. The zero-order valence-electron chi connectivity index (χ0n) is 7.39. The van der Waals surface area contributed by atoms with Gasteiger partial charge in [0.25, 0.3) is 6.43 Å². The predicted molar refractivity (Wildman–Crippen MR) is 56.0 cm³/mol. The second-order valence-corrected chi connectivity index (χ2v) is 3.84. The molecule has 1 heterocycles. The van der Waals surface area contributed by atoms with Crippen molar-refractivity contribution in [3.05, 3.63) is 26.6 Å². The summed E-state index contributed by atoms with van der Waals surface area (Å²) in [4.78, 5) is 3.74. The van der Waals surface area contributed by atoms with Crippen LogP contribution in [0.15, 0.2) is 6.07 Å². The van der Waals surface area contributed by atoms with E-state index in [1.807, 2.05) is 28.7 Å². The van der Waals surface area contributed by atoms with Crippen molar-refractivity contribution in [3.8, 4) is 6.07 Å². The van der Waals surface area contributed by atoms with E-state index < -0.39 is 6.43 Å². The monoisotopic (exact) mass is 308 g/mol. The Morgan fingerprint density at radius 1 is 1.64 bits per heavy atom. The fourth-order valence-electron chi connectivity index (χ4n) is 1.05. The van der Waals surface area contributed by atoms with Crippen LogP contribution in [0.4, 0.5) is 8.78 Å². The lowest BCUT2D eigenvalue weighted by atomic mass is 10.2. The molecular weight excluding hydrogens is 301 g/mol. The van der Waals surface area contributed by atoms with Crippen LogP contribution in [0.3, 0.4) is 0 Å². The van der Waals surface area contributed by atoms with Gasteiger partial charge in [-0.2, -0.15) is 5.26 Å². The van der Waals surface area contributed by atoms with Crippen molar-refractivity contribution < 1.29 is 8.78 Å². The maximum atomic E-state index is 12.4. The molecule has 0 aliphatic heterocycles. The molecule has 0 aliphatic carbocycles. The van der Waals surface area contributed by atoms with Crippen LogP contribution in [0.25, 0.3) is 0 Å². The summed E-state index contributed by atoms with van der Waals surface area (Å²) in [5, 5.41) is 8.48. The molecule has 0 spiro atoms. The highest BCUT2D eigenvalue weighted by atomic mass is 127. The molecule has 2 nitrogen and oxygen atoms in total. The summed E-state index contributed by atoms with van der Waals surface area (Å²) >= 11 is 2.01. The van der Waals surface area contributed by atoms with Gasteiger partial charge in [0.05, 0.1) is 18.2 Å². The van der Waals surface area contributed by atoms with E-state index in [1.165, 1.54) is 6.07 Å². The van der Waals surface area contributed by atoms with E-state index in [0.29, 0.717) is 5.69 Å². The van der Waals surface area contributed by atoms with Crippen LogP contribution in [0.5, 0.6) is 0 Å². The van der Waals surface area contributed by atoms with Crippen LogP contribution in [0.2, 0.25) is 0 Å². The average Bonchev–Trinajstić information content (AvgIpc) is 2.12. The van der Waals surface area contributed by atoms with Crippen molar-refractivity contribution in [1.29, 1.82) is 5.26 Å². The third-order valence-corrected chi connectivity index (χ3v) is 3.17. The summed E-state index contributed by atoms with van der Waals surface area (Å²) < 4.78 is 25.5. The number of halogens is 3. The molecular formula is C9H7F2IN2. The third-order valence-electron chi connectivity index (χ3n) is 1.70. The molecule has 0 N–H and O–H groups in total. The van der Waals surface area contributed by atoms with Gasteiger partial charge in [-0.25, -0.2) is 13.8 Å². The zero-order valence-corrected chi connectivity index (χ0v) is 9.55. The first-order chi connectivity index (χ1) is 6.56. The van der Waals surface area contributed by atoms with Gasteiger partial charge >= 0.3 is 0 Å². The molecule has 0 saturated heterocycles. The molecule has 1 rings (SSSR count). The van der Waals surface area contributed by atoms with Crippen LogP contribution in [-0.2, 0) is 6.42 Å². The standard InChI is InChI=1S/C9H7F2IN2/c1-5-4-7(9(10)11)14-6(2-3-13)8(5)12/h4,9H,2H2,1H3. The van der Waals surface area contributed by atoms with Gasteiger partial charge < -0.3 is 0 Å². The van der Waals surface area contributed by atoms with Gasteiger partial charge in [-0.15, -0.1) is 0 Å². The largest absolute Gasteiger partial charge is 0.280 e. The molecule has 1 aromatic rings. The summed E-state index contributed by atoms with van der Waals surface area (Å²) in [6.07, 6.45) is -2.51. The van der Waals surface area contributed by atoms with Crippen molar-refractivity contribution >= 4 is 22.6 Å². The fraction of sp³-hybridized carbons (Fsp3) is 0.333. The molecule has 0 unspecified atom stereocenters. The topological polar surface area (TPSA) is 36.7 Å². The quantitative estimate of drug-likeness (QED) is 0.788. The Kier molecular flexibility index (Phi) is 3.75. The van der Waals surface area contributed by atoms with Gasteiger partial charge in [0.1, 0.15) is 5.69 Å². The molecule has 0 aliphatic rings. The van der Waals surface area contributed by atoms with Crippen molar-refractivity contribution in [2.45, 2.75) is 19.8 Å². The van der Waals surface area contributed by atoms with Gasteiger partial charge in [-0.05, 0) is 41.1 Å². The molecule has 74 valence electrons.